The van der Waals surface area contributed by atoms with Gasteiger partial charge >= 0.3 is 12.1 Å². The van der Waals surface area contributed by atoms with Gasteiger partial charge in [-0.05, 0) is 25.9 Å². The van der Waals surface area contributed by atoms with Crippen LogP contribution >= 0.6 is 0 Å². The van der Waals surface area contributed by atoms with Crippen LogP contribution in [0.5, 0.6) is 0 Å². The molecule has 1 aliphatic rings. The molecule has 19 heavy (non-hydrogen) atoms. The first-order valence-electron chi connectivity index (χ1n) is 5.93. The third-order valence-corrected chi connectivity index (χ3v) is 2.96. The van der Waals surface area contributed by atoms with Crippen molar-refractivity contribution in [3.8, 4) is 0 Å². The summed E-state index contributed by atoms with van der Waals surface area (Å²) in [4.78, 5) is 23.9. The van der Waals surface area contributed by atoms with E-state index < -0.39 is 24.2 Å². The van der Waals surface area contributed by atoms with E-state index in [1.54, 1.807) is 0 Å². The van der Waals surface area contributed by atoms with Gasteiger partial charge in [0.2, 0.25) is 0 Å². The summed E-state index contributed by atoms with van der Waals surface area (Å²) in [7, 11) is 2.83. The maximum absolute atomic E-state index is 12.2. The summed E-state index contributed by atoms with van der Waals surface area (Å²) >= 11 is 0. The number of rotatable bonds is 3. The summed E-state index contributed by atoms with van der Waals surface area (Å²) in [5.74, 6) is -3.32. The van der Waals surface area contributed by atoms with E-state index in [1.165, 1.54) is 14.1 Å². The molecule has 1 aliphatic heterocycles. The maximum Gasteiger partial charge on any atom is 0.490 e. The maximum atomic E-state index is 12.2. The third kappa shape index (κ3) is 4.38. The fourth-order valence-electron chi connectivity index (χ4n) is 1.93. The second kappa shape index (κ2) is 6.23. The molecule has 1 unspecified atom stereocenters. The number of halogens is 3. The number of alkyl halides is 3. The Morgan fingerprint density at radius 1 is 1.26 bits per heavy atom. The van der Waals surface area contributed by atoms with Gasteiger partial charge in [0.1, 0.15) is 0 Å². The van der Waals surface area contributed by atoms with Crippen LogP contribution in [0.1, 0.15) is 12.8 Å². The number of hydrogen-bond acceptors (Lipinski definition) is 4. The molecule has 110 valence electrons. The van der Waals surface area contributed by atoms with Crippen LogP contribution in [-0.2, 0) is 14.3 Å². The molecule has 0 saturated carbocycles. The number of piperidine rings is 1. The lowest BCUT2D eigenvalue weighted by Crippen LogP contribution is -2.47. The molecule has 1 N–H and O–H groups in total. The predicted octanol–water partition coefficient (Wildman–Crippen LogP) is 0.548. The highest BCUT2D eigenvalue weighted by Crippen LogP contribution is 2.24. The minimum Gasteiger partial charge on any atom is -0.445 e. The lowest BCUT2D eigenvalue weighted by atomic mass is 9.91. The van der Waals surface area contributed by atoms with Crippen molar-refractivity contribution in [3.63, 3.8) is 0 Å². The Labute approximate surface area is 109 Å². The lowest BCUT2D eigenvalue weighted by molar-refractivity contribution is -0.209. The monoisotopic (exact) mass is 282 g/mol. The first kappa shape index (κ1) is 15.7. The van der Waals surface area contributed by atoms with Crippen LogP contribution in [0, 0.1) is 5.92 Å². The van der Waals surface area contributed by atoms with Crippen LogP contribution in [0.2, 0.25) is 0 Å². The summed E-state index contributed by atoms with van der Waals surface area (Å²) in [6, 6.07) is 0. The van der Waals surface area contributed by atoms with Gasteiger partial charge < -0.3 is 15.0 Å². The van der Waals surface area contributed by atoms with Crippen molar-refractivity contribution in [2.75, 3.05) is 27.2 Å². The highest BCUT2D eigenvalue weighted by atomic mass is 19.4. The minimum absolute atomic E-state index is 0.387. The van der Waals surface area contributed by atoms with E-state index in [1.807, 2.05) is 0 Å². The third-order valence-electron chi connectivity index (χ3n) is 2.96. The molecule has 0 aromatic rings. The molecule has 0 radical (unpaired) electrons. The smallest absolute Gasteiger partial charge is 0.445 e. The number of nitrogens with zero attached hydrogens (tertiary/aromatic N) is 1. The van der Waals surface area contributed by atoms with Crippen LogP contribution in [0.4, 0.5) is 13.2 Å². The molecule has 5 nitrogen and oxygen atoms in total. The van der Waals surface area contributed by atoms with Crippen LogP contribution in [0.3, 0.4) is 0 Å². The molecule has 1 heterocycles. The molecule has 0 spiro atoms. The van der Waals surface area contributed by atoms with Gasteiger partial charge in [-0.1, -0.05) is 0 Å². The zero-order valence-electron chi connectivity index (χ0n) is 10.8. The number of esters is 1. The van der Waals surface area contributed by atoms with Gasteiger partial charge in [0.05, 0.1) is 0 Å². The van der Waals surface area contributed by atoms with Crippen LogP contribution in [-0.4, -0.2) is 56.2 Å². The van der Waals surface area contributed by atoms with Gasteiger partial charge in [0, 0.05) is 20.0 Å². The number of carbonyl (C=O) groups is 2. The van der Waals surface area contributed by atoms with Crippen molar-refractivity contribution in [1.82, 2.24) is 10.2 Å². The van der Waals surface area contributed by atoms with Gasteiger partial charge in [-0.25, -0.2) is 4.79 Å². The van der Waals surface area contributed by atoms with Crippen molar-refractivity contribution in [2.45, 2.75) is 25.1 Å². The van der Waals surface area contributed by atoms with Gasteiger partial charge in [-0.3, -0.25) is 4.79 Å². The Hall–Kier alpha value is -1.31. The Morgan fingerprint density at radius 2 is 1.79 bits per heavy atom. The largest absolute Gasteiger partial charge is 0.490 e. The van der Waals surface area contributed by atoms with Crippen LogP contribution < -0.4 is 5.32 Å². The van der Waals surface area contributed by atoms with E-state index in [2.05, 4.69) is 10.1 Å². The van der Waals surface area contributed by atoms with Gasteiger partial charge in [-0.15, -0.1) is 0 Å². The quantitative estimate of drug-likeness (QED) is 0.768. The average molecular weight is 282 g/mol. The Bertz CT molecular complexity index is 339. The van der Waals surface area contributed by atoms with E-state index in [-0.39, 0.29) is 5.92 Å². The normalized spacial score (nSPS) is 18.8. The summed E-state index contributed by atoms with van der Waals surface area (Å²) in [6.07, 6.45) is -5.46. The molecule has 0 aromatic carbocycles. The highest BCUT2D eigenvalue weighted by molar-refractivity contribution is 5.85. The number of nitrogens with one attached hydrogen (secondary N) is 1. The first-order valence-corrected chi connectivity index (χ1v) is 5.93. The number of carbonyl (C=O) groups excluding carboxylic acids is 2. The fraction of sp³-hybridized carbons (Fsp3) is 0.818. The number of likely N-dealkylation sites (N-methyl/N-ethyl adjacent to an activating group) is 1. The van der Waals surface area contributed by atoms with Gasteiger partial charge in [0.25, 0.3) is 5.91 Å². The molecule has 0 bridgehead atoms. The average Bonchev–Trinajstić information content (AvgIpc) is 2.34. The summed E-state index contributed by atoms with van der Waals surface area (Å²) in [6.45, 7) is 1.18. The van der Waals surface area contributed by atoms with Gasteiger partial charge in [-0.2, -0.15) is 13.2 Å². The minimum atomic E-state index is -5.09. The standard InChI is InChI=1S/C11H17F3N2O3/c1-16(2)9(17)8(7-3-5-15-6-4-7)19-10(18)11(12,13)14/h7-8,15H,3-6H2,1-2H3. The molecule has 1 atom stereocenters. The highest BCUT2D eigenvalue weighted by Gasteiger charge is 2.45. The van der Waals surface area contributed by atoms with Crippen LogP contribution in [0.15, 0.2) is 0 Å². The van der Waals surface area contributed by atoms with E-state index in [4.69, 9.17) is 0 Å². The predicted molar refractivity (Wildman–Crippen MR) is 60.2 cm³/mol. The van der Waals surface area contributed by atoms with E-state index in [0.717, 1.165) is 4.90 Å². The summed E-state index contributed by atoms with van der Waals surface area (Å²) < 4.78 is 41.1. The Balaban J connectivity index is 2.80. The van der Waals surface area contributed by atoms with Crippen LogP contribution in [0.25, 0.3) is 0 Å². The molecule has 1 rings (SSSR count). The molecular formula is C11H17F3N2O3. The van der Waals surface area contributed by atoms with Crippen molar-refractivity contribution < 1.29 is 27.5 Å². The number of ether oxygens (including phenoxy) is 1. The summed E-state index contributed by atoms with van der Waals surface area (Å²) in [5, 5.41) is 3.03. The summed E-state index contributed by atoms with van der Waals surface area (Å²) in [5.41, 5.74) is 0. The van der Waals surface area contributed by atoms with E-state index in [9.17, 15) is 22.8 Å². The number of hydrogen-bond donors (Lipinski definition) is 1. The topological polar surface area (TPSA) is 58.6 Å². The van der Waals surface area contributed by atoms with Crippen molar-refractivity contribution in [2.24, 2.45) is 5.92 Å². The number of amides is 1. The van der Waals surface area contributed by atoms with E-state index in [0.29, 0.717) is 25.9 Å². The molecular weight excluding hydrogens is 265 g/mol. The van der Waals surface area contributed by atoms with Crippen molar-refractivity contribution in [1.29, 1.82) is 0 Å². The second-order valence-corrected chi connectivity index (χ2v) is 4.64. The van der Waals surface area contributed by atoms with Gasteiger partial charge in [0.15, 0.2) is 6.10 Å². The Kier molecular flexibility index (Phi) is 5.16. The molecule has 1 saturated heterocycles. The first-order chi connectivity index (χ1) is 8.73. The Morgan fingerprint density at radius 3 is 2.21 bits per heavy atom. The molecule has 1 amide bonds. The zero-order chi connectivity index (χ0) is 14.6. The van der Waals surface area contributed by atoms with Crippen molar-refractivity contribution >= 4 is 11.9 Å². The molecule has 0 aliphatic carbocycles. The SMILES string of the molecule is CN(C)C(=O)C(OC(=O)C(F)(F)F)C1CCNCC1. The molecule has 1 fully saturated rings. The van der Waals surface area contributed by atoms with E-state index >= 15 is 0 Å². The molecule has 8 heteroatoms. The second-order valence-electron chi connectivity index (χ2n) is 4.64. The van der Waals surface area contributed by atoms with Crippen molar-refractivity contribution in [3.05, 3.63) is 0 Å². The zero-order valence-corrected chi connectivity index (χ0v) is 10.8. The lowest BCUT2D eigenvalue weighted by Gasteiger charge is -2.31. The fourth-order valence-corrected chi connectivity index (χ4v) is 1.93. The molecule has 0 aromatic heterocycles.